The van der Waals surface area contributed by atoms with Gasteiger partial charge in [-0.1, -0.05) is 12.1 Å². The van der Waals surface area contributed by atoms with Gasteiger partial charge in [-0.3, -0.25) is 14.5 Å². The second-order valence-corrected chi connectivity index (χ2v) is 7.33. The second-order valence-electron chi connectivity index (χ2n) is 7.33. The monoisotopic (exact) mass is 387 g/mol. The van der Waals surface area contributed by atoms with Gasteiger partial charge in [0.1, 0.15) is 17.0 Å². The molecule has 0 bridgehead atoms. The number of aliphatic hydroxyl groups excluding tert-OH is 1. The quantitative estimate of drug-likeness (QED) is 0.676. The molecular weight excluding hydrogens is 362 g/mol. The standard InChI is InChI=1S/C20H25N3O5/c1-13-21-15(9-18(25)22-13)11-23-7-6-17(24)20(12-23,19(26)27)10-14-4-3-5-16(8-14)28-2/h3-5,8-9,17,24H,6-7,10-12H2,1-2H3,(H,26,27)(H,21,22,25)/t17-,20+/m0/s1. The van der Waals surface area contributed by atoms with E-state index in [4.69, 9.17) is 4.74 Å². The summed E-state index contributed by atoms with van der Waals surface area (Å²) in [4.78, 5) is 32.8. The zero-order valence-corrected chi connectivity index (χ0v) is 16.0. The highest BCUT2D eigenvalue weighted by Crippen LogP contribution is 2.35. The molecule has 0 aliphatic carbocycles. The number of hydrogen-bond acceptors (Lipinski definition) is 6. The highest BCUT2D eigenvalue weighted by molar-refractivity contribution is 5.76. The van der Waals surface area contributed by atoms with Gasteiger partial charge in [-0.25, -0.2) is 4.98 Å². The smallest absolute Gasteiger partial charge is 0.313 e. The average molecular weight is 387 g/mol. The minimum absolute atomic E-state index is 0.161. The molecule has 1 aliphatic heterocycles. The molecule has 0 radical (unpaired) electrons. The number of aromatic nitrogens is 2. The normalized spacial score (nSPS) is 22.8. The fourth-order valence-corrected chi connectivity index (χ4v) is 3.86. The zero-order chi connectivity index (χ0) is 20.3. The summed E-state index contributed by atoms with van der Waals surface area (Å²) in [5.41, 5.74) is -0.215. The third-order valence-electron chi connectivity index (χ3n) is 5.24. The molecule has 150 valence electrons. The summed E-state index contributed by atoms with van der Waals surface area (Å²) in [7, 11) is 1.56. The minimum atomic E-state index is -1.35. The number of aromatic amines is 1. The highest BCUT2D eigenvalue weighted by atomic mass is 16.5. The summed E-state index contributed by atoms with van der Waals surface area (Å²) >= 11 is 0. The lowest BCUT2D eigenvalue weighted by molar-refractivity contribution is -0.163. The summed E-state index contributed by atoms with van der Waals surface area (Å²) < 4.78 is 5.23. The Morgan fingerprint density at radius 3 is 2.89 bits per heavy atom. The van der Waals surface area contributed by atoms with Crippen LogP contribution in [0.25, 0.3) is 0 Å². The van der Waals surface area contributed by atoms with Crippen LogP contribution in [0.2, 0.25) is 0 Å². The molecule has 28 heavy (non-hydrogen) atoms. The molecule has 0 saturated carbocycles. The Bertz CT molecular complexity index is 913. The number of rotatable bonds is 6. The molecule has 2 heterocycles. The number of piperidine rings is 1. The van der Waals surface area contributed by atoms with Gasteiger partial charge in [-0.2, -0.15) is 0 Å². The van der Waals surface area contributed by atoms with E-state index in [0.717, 1.165) is 5.56 Å². The van der Waals surface area contributed by atoms with Gasteiger partial charge < -0.3 is 19.9 Å². The van der Waals surface area contributed by atoms with E-state index in [1.807, 2.05) is 11.0 Å². The lowest BCUT2D eigenvalue weighted by Gasteiger charge is -2.43. The molecule has 1 fully saturated rings. The van der Waals surface area contributed by atoms with Gasteiger partial charge in [0.25, 0.3) is 5.56 Å². The number of nitrogens with one attached hydrogen (secondary N) is 1. The molecular formula is C20H25N3O5. The van der Waals surface area contributed by atoms with E-state index in [-0.39, 0.29) is 18.5 Å². The van der Waals surface area contributed by atoms with E-state index in [9.17, 15) is 19.8 Å². The summed E-state index contributed by atoms with van der Waals surface area (Å²) in [6.07, 6.45) is -0.460. The molecule has 3 N–H and O–H groups in total. The number of methoxy groups -OCH3 is 1. The van der Waals surface area contributed by atoms with Crippen LogP contribution in [0.4, 0.5) is 0 Å². The largest absolute Gasteiger partial charge is 0.497 e. The highest BCUT2D eigenvalue weighted by Gasteiger charge is 2.49. The van der Waals surface area contributed by atoms with Crippen LogP contribution in [0.5, 0.6) is 5.75 Å². The van der Waals surface area contributed by atoms with Crippen LogP contribution in [-0.4, -0.2) is 57.4 Å². The van der Waals surface area contributed by atoms with Gasteiger partial charge >= 0.3 is 5.97 Å². The summed E-state index contributed by atoms with van der Waals surface area (Å²) in [5.74, 6) is 0.117. The molecule has 2 atom stereocenters. The molecule has 1 aromatic carbocycles. The number of carbonyl (C=O) groups is 1. The topological polar surface area (TPSA) is 116 Å². The maximum absolute atomic E-state index is 12.3. The SMILES string of the molecule is COc1cccc(C[C@@]2(C(=O)O)CN(Cc3cc(=O)[nH]c(C)n3)CC[C@@H]2O)c1. The third-order valence-corrected chi connectivity index (χ3v) is 5.24. The predicted octanol–water partition coefficient (Wildman–Crippen LogP) is 0.967. The molecule has 1 aliphatic rings. The number of aryl methyl sites for hydroxylation is 1. The zero-order valence-electron chi connectivity index (χ0n) is 16.0. The van der Waals surface area contributed by atoms with Crippen LogP contribution in [0.1, 0.15) is 23.5 Å². The average Bonchev–Trinajstić information content (AvgIpc) is 2.63. The van der Waals surface area contributed by atoms with E-state index in [1.165, 1.54) is 6.07 Å². The maximum Gasteiger partial charge on any atom is 0.313 e. The number of hydrogen-bond donors (Lipinski definition) is 3. The Morgan fingerprint density at radius 2 is 2.21 bits per heavy atom. The molecule has 0 unspecified atom stereocenters. The van der Waals surface area contributed by atoms with Crippen molar-refractivity contribution in [2.75, 3.05) is 20.2 Å². The first-order valence-corrected chi connectivity index (χ1v) is 9.16. The Hall–Kier alpha value is -2.71. The van der Waals surface area contributed by atoms with Crippen molar-refractivity contribution < 1.29 is 19.7 Å². The van der Waals surface area contributed by atoms with Crippen LogP contribution >= 0.6 is 0 Å². The van der Waals surface area contributed by atoms with Crippen molar-refractivity contribution in [3.8, 4) is 5.75 Å². The van der Waals surface area contributed by atoms with Crippen LogP contribution in [-0.2, 0) is 17.8 Å². The molecule has 3 rings (SSSR count). The van der Waals surface area contributed by atoms with E-state index in [1.54, 1.807) is 32.2 Å². The van der Waals surface area contributed by atoms with Gasteiger partial charge in [0.15, 0.2) is 0 Å². The van der Waals surface area contributed by atoms with Crippen molar-refractivity contribution >= 4 is 5.97 Å². The summed E-state index contributed by atoms with van der Waals surface area (Å²) in [6.45, 7) is 2.75. The van der Waals surface area contributed by atoms with E-state index < -0.39 is 17.5 Å². The fraction of sp³-hybridized carbons (Fsp3) is 0.450. The molecule has 2 aromatic rings. The molecule has 1 aromatic heterocycles. The number of carboxylic acid groups (broad SMARTS) is 1. The number of H-pyrrole nitrogens is 1. The Morgan fingerprint density at radius 1 is 1.43 bits per heavy atom. The van der Waals surface area contributed by atoms with Gasteiger partial charge in [0, 0.05) is 25.7 Å². The number of aliphatic carboxylic acids is 1. The molecule has 1 saturated heterocycles. The van der Waals surface area contributed by atoms with Gasteiger partial charge in [0.05, 0.1) is 18.9 Å². The van der Waals surface area contributed by atoms with Crippen LogP contribution in [0.15, 0.2) is 35.1 Å². The first-order chi connectivity index (χ1) is 13.3. The van der Waals surface area contributed by atoms with E-state index in [0.29, 0.717) is 36.8 Å². The van der Waals surface area contributed by atoms with E-state index in [2.05, 4.69) is 9.97 Å². The summed E-state index contributed by atoms with van der Waals surface area (Å²) in [5, 5.41) is 20.7. The number of ether oxygens (including phenoxy) is 1. The van der Waals surface area contributed by atoms with E-state index >= 15 is 0 Å². The van der Waals surface area contributed by atoms with Crippen molar-refractivity contribution in [1.82, 2.24) is 14.9 Å². The first kappa shape index (κ1) is 20.0. The first-order valence-electron chi connectivity index (χ1n) is 9.16. The molecule has 8 nitrogen and oxygen atoms in total. The number of carboxylic acids is 1. The molecule has 8 heteroatoms. The summed E-state index contributed by atoms with van der Waals surface area (Å²) in [6, 6.07) is 8.64. The van der Waals surface area contributed by atoms with Crippen LogP contribution < -0.4 is 10.3 Å². The van der Waals surface area contributed by atoms with Gasteiger partial charge in [-0.15, -0.1) is 0 Å². The van der Waals surface area contributed by atoms with Crippen molar-refractivity contribution in [3.63, 3.8) is 0 Å². The third kappa shape index (κ3) is 4.23. The molecule has 0 amide bonds. The fourth-order valence-electron chi connectivity index (χ4n) is 3.86. The minimum Gasteiger partial charge on any atom is -0.497 e. The Kier molecular flexibility index (Phi) is 5.81. The number of benzene rings is 1. The van der Waals surface area contributed by atoms with Gasteiger partial charge in [-0.05, 0) is 37.5 Å². The van der Waals surface area contributed by atoms with Crippen LogP contribution in [0, 0.1) is 12.3 Å². The Balaban J connectivity index is 1.86. The van der Waals surface area contributed by atoms with Crippen molar-refractivity contribution in [2.45, 2.75) is 32.4 Å². The van der Waals surface area contributed by atoms with Gasteiger partial charge in [0.2, 0.25) is 0 Å². The lowest BCUT2D eigenvalue weighted by atomic mass is 9.72. The maximum atomic E-state index is 12.3. The lowest BCUT2D eigenvalue weighted by Crippen LogP contribution is -2.56. The van der Waals surface area contributed by atoms with Crippen LogP contribution in [0.3, 0.4) is 0 Å². The second kappa shape index (κ2) is 8.12. The van der Waals surface area contributed by atoms with Crippen molar-refractivity contribution in [2.24, 2.45) is 5.41 Å². The number of nitrogens with zero attached hydrogens (tertiary/aromatic N) is 2. The molecule has 0 spiro atoms. The predicted molar refractivity (Wildman–Crippen MR) is 102 cm³/mol. The van der Waals surface area contributed by atoms with Crippen molar-refractivity contribution in [1.29, 1.82) is 0 Å². The number of aliphatic hydroxyl groups is 1. The number of likely N-dealkylation sites (tertiary alicyclic amines) is 1. The Labute approximate surface area is 162 Å². The van der Waals surface area contributed by atoms with Crippen molar-refractivity contribution in [3.05, 3.63) is 57.8 Å².